The van der Waals surface area contributed by atoms with Crippen molar-refractivity contribution in [2.24, 2.45) is 10.9 Å². The van der Waals surface area contributed by atoms with Gasteiger partial charge in [0.25, 0.3) is 0 Å². The average molecular weight is 213 g/mol. The topological polar surface area (TPSA) is 61.8 Å². The van der Waals surface area contributed by atoms with Crippen LogP contribution in [0.3, 0.4) is 0 Å². The molecule has 0 saturated heterocycles. The predicted molar refractivity (Wildman–Crippen MR) is 46.2 cm³/mol. The Morgan fingerprint density at radius 3 is 2.43 bits per heavy atom. The third-order valence-corrected chi connectivity index (χ3v) is 1.66. The summed E-state index contributed by atoms with van der Waals surface area (Å²) in [6.07, 6.45) is -4.73. The van der Waals surface area contributed by atoms with Crippen LogP contribution in [-0.2, 0) is 0 Å². The van der Waals surface area contributed by atoms with Gasteiger partial charge < -0.3 is 15.8 Å². The minimum atomic E-state index is -4.13. The Balaban J connectivity index is 3.61. The van der Waals surface area contributed by atoms with Crippen molar-refractivity contribution < 1.29 is 18.4 Å². The fourth-order valence-electron chi connectivity index (χ4n) is 0.785. The zero-order valence-electron chi connectivity index (χ0n) is 7.88. The van der Waals surface area contributed by atoms with E-state index in [1.807, 2.05) is 0 Å². The molecule has 0 atom stereocenters. The van der Waals surface area contributed by atoms with Crippen LogP contribution in [-0.4, -0.2) is 42.3 Å². The van der Waals surface area contributed by atoms with Crippen molar-refractivity contribution in [1.82, 2.24) is 4.90 Å². The van der Waals surface area contributed by atoms with Crippen molar-refractivity contribution in [2.75, 3.05) is 20.1 Å². The number of oxime groups is 1. The number of rotatable bonds is 5. The number of hydrogen-bond donors (Lipinski definition) is 2. The third kappa shape index (κ3) is 7.66. The summed E-state index contributed by atoms with van der Waals surface area (Å²) in [5, 5.41) is 10.9. The maximum Gasteiger partial charge on any atom is 0.390 e. The molecule has 3 N–H and O–H groups in total. The van der Waals surface area contributed by atoms with Crippen LogP contribution in [0.1, 0.15) is 12.8 Å². The molecule has 0 spiro atoms. The van der Waals surface area contributed by atoms with E-state index in [2.05, 4.69) is 5.16 Å². The summed E-state index contributed by atoms with van der Waals surface area (Å²) >= 11 is 0. The van der Waals surface area contributed by atoms with Gasteiger partial charge in [0.2, 0.25) is 0 Å². The molecule has 0 aliphatic heterocycles. The SMILES string of the molecule is CN(CCC(N)=NO)CCC(F)(F)F. The Morgan fingerprint density at radius 2 is 2.00 bits per heavy atom. The van der Waals surface area contributed by atoms with Crippen molar-refractivity contribution >= 4 is 5.84 Å². The number of halogens is 3. The number of alkyl halides is 3. The molecular weight excluding hydrogens is 199 g/mol. The molecule has 0 bridgehead atoms. The van der Waals surface area contributed by atoms with Crippen LogP contribution in [0, 0.1) is 0 Å². The lowest BCUT2D eigenvalue weighted by molar-refractivity contribution is -0.137. The lowest BCUT2D eigenvalue weighted by Gasteiger charge is -2.16. The van der Waals surface area contributed by atoms with Crippen LogP contribution in [0.25, 0.3) is 0 Å². The maximum atomic E-state index is 11.8. The molecule has 0 saturated carbocycles. The van der Waals surface area contributed by atoms with Gasteiger partial charge in [0.15, 0.2) is 0 Å². The zero-order chi connectivity index (χ0) is 11.2. The van der Waals surface area contributed by atoms with Crippen molar-refractivity contribution in [2.45, 2.75) is 19.0 Å². The molecule has 84 valence electrons. The highest BCUT2D eigenvalue weighted by Gasteiger charge is 2.26. The first-order valence-electron chi connectivity index (χ1n) is 4.07. The summed E-state index contributed by atoms with van der Waals surface area (Å²) in [6.45, 7) is 0.258. The highest BCUT2D eigenvalue weighted by atomic mass is 19.4. The minimum absolute atomic E-state index is 0.0175. The molecule has 0 aliphatic carbocycles. The van der Waals surface area contributed by atoms with E-state index in [0.717, 1.165) is 0 Å². The fraction of sp³-hybridized carbons (Fsp3) is 0.857. The van der Waals surface area contributed by atoms with E-state index in [0.29, 0.717) is 6.54 Å². The van der Waals surface area contributed by atoms with Gasteiger partial charge in [0, 0.05) is 19.5 Å². The van der Waals surface area contributed by atoms with Gasteiger partial charge in [0.1, 0.15) is 5.84 Å². The van der Waals surface area contributed by atoms with Gasteiger partial charge in [0.05, 0.1) is 6.42 Å². The average Bonchev–Trinajstić information content (AvgIpc) is 2.09. The summed E-state index contributed by atoms with van der Waals surface area (Å²) in [5.41, 5.74) is 5.15. The van der Waals surface area contributed by atoms with Crippen LogP contribution < -0.4 is 5.73 Å². The molecule has 0 fully saturated rings. The number of hydrogen-bond acceptors (Lipinski definition) is 3. The summed E-state index contributed by atoms with van der Waals surface area (Å²) < 4.78 is 35.3. The lowest BCUT2D eigenvalue weighted by Crippen LogP contribution is -2.28. The van der Waals surface area contributed by atoms with E-state index in [4.69, 9.17) is 10.9 Å². The zero-order valence-corrected chi connectivity index (χ0v) is 7.88. The fourth-order valence-corrected chi connectivity index (χ4v) is 0.785. The van der Waals surface area contributed by atoms with Crippen LogP contribution in [0.2, 0.25) is 0 Å². The first-order chi connectivity index (χ1) is 6.35. The van der Waals surface area contributed by atoms with E-state index in [9.17, 15) is 13.2 Å². The predicted octanol–water partition coefficient (Wildman–Crippen LogP) is 1.01. The number of amidine groups is 1. The Hall–Kier alpha value is -0.980. The third-order valence-electron chi connectivity index (χ3n) is 1.66. The first kappa shape index (κ1) is 13.0. The molecule has 4 nitrogen and oxygen atoms in total. The second kappa shape index (κ2) is 5.69. The van der Waals surface area contributed by atoms with E-state index in [1.54, 1.807) is 7.05 Å². The largest absolute Gasteiger partial charge is 0.409 e. The van der Waals surface area contributed by atoms with E-state index in [1.165, 1.54) is 4.90 Å². The smallest absolute Gasteiger partial charge is 0.390 e. The normalized spacial score (nSPS) is 13.6. The van der Waals surface area contributed by atoms with Crippen LogP contribution in [0.5, 0.6) is 0 Å². The molecule has 7 heteroatoms. The highest BCUT2D eigenvalue weighted by Crippen LogP contribution is 2.19. The molecule has 0 radical (unpaired) electrons. The number of nitrogens with zero attached hydrogens (tertiary/aromatic N) is 2. The van der Waals surface area contributed by atoms with E-state index in [-0.39, 0.29) is 18.8 Å². The van der Waals surface area contributed by atoms with Gasteiger partial charge in [-0.2, -0.15) is 13.2 Å². The quantitative estimate of drug-likeness (QED) is 0.310. The van der Waals surface area contributed by atoms with Crippen LogP contribution in [0.4, 0.5) is 13.2 Å². The van der Waals surface area contributed by atoms with Gasteiger partial charge >= 0.3 is 6.18 Å². The second-order valence-electron chi connectivity index (χ2n) is 3.01. The van der Waals surface area contributed by atoms with Gasteiger partial charge in [-0.15, -0.1) is 0 Å². The van der Waals surface area contributed by atoms with Crippen LogP contribution >= 0.6 is 0 Å². The van der Waals surface area contributed by atoms with Gasteiger partial charge in [-0.1, -0.05) is 5.16 Å². The van der Waals surface area contributed by atoms with Crippen molar-refractivity contribution in [3.8, 4) is 0 Å². The molecule has 0 rings (SSSR count). The van der Waals surface area contributed by atoms with Crippen molar-refractivity contribution in [3.05, 3.63) is 0 Å². The molecule has 0 aromatic carbocycles. The molecular formula is C7H14F3N3O. The molecule has 0 heterocycles. The maximum absolute atomic E-state index is 11.8. The summed E-state index contributed by atoms with van der Waals surface area (Å²) in [5.74, 6) is 0.0175. The Labute approximate surface area is 80.2 Å². The Morgan fingerprint density at radius 1 is 1.43 bits per heavy atom. The minimum Gasteiger partial charge on any atom is -0.409 e. The standard InChI is InChI=1S/C7H14F3N3O/c1-13(4-2-6(11)12-14)5-3-7(8,9)10/h14H,2-5H2,1H3,(H2,11,12). The molecule has 0 aromatic rings. The van der Waals surface area contributed by atoms with Crippen molar-refractivity contribution in [1.29, 1.82) is 0 Å². The number of nitrogens with two attached hydrogens (primary N) is 1. The van der Waals surface area contributed by atoms with E-state index < -0.39 is 12.6 Å². The second-order valence-corrected chi connectivity index (χ2v) is 3.01. The molecule has 14 heavy (non-hydrogen) atoms. The highest BCUT2D eigenvalue weighted by molar-refractivity contribution is 5.79. The van der Waals surface area contributed by atoms with Gasteiger partial charge in [-0.05, 0) is 7.05 Å². The van der Waals surface area contributed by atoms with E-state index >= 15 is 0 Å². The molecule has 0 aliphatic rings. The molecule has 0 aromatic heterocycles. The summed E-state index contributed by atoms with van der Waals surface area (Å²) in [7, 11) is 1.55. The molecule has 0 amide bonds. The van der Waals surface area contributed by atoms with Crippen LogP contribution in [0.15, 0.2) is 5.16 Å². The first-order valence-corrected chi connectivity index (χ1v) is 4.07. The summed E-state index contributed by atoms with van der Waals surface area (Å²) in [4.78, 5) is 1.48. The monoisotopic (exact) mass is 213 g/mol. The van der Waals surface area contributed by atoms with Gasteiger partial charge in [-0.3, -0.25) is 0 Å². The Kier molecular flexibility index (Phi) is 5.29. The lowest BCUT2D eigenvalue weighted by atomic mass is 10.3. The van der Waals surface area contributed by atoms with Gasteiger partial charge in [-0.25, -0.2) is 0 Å². The van der Waals surface area contributed by atoms with Crippen molar-refractivity contribution in [3.63, 3.8) is 0 Å². The Bertz CT molecular complexity index is 193. The molecule has 0 unspecified atom stereocenters. The summed E-state index contributed by atoms with van der Waals surface area (Å²) in [6, 6.07) is 0.